The van der Waals surface area contributed by atoms with Crippen LogP contribution in [0.15, 0.2) is 46.9 Å². The third-order valence-electron chi connectivity index (χ3n) is 3.48. The van der Waals surface area contributed by atoms with E-state index in [4.69, 9.17) is 10.5 Å². The smallest absolute Gasteiger partial charge is 0.268 e. The van der Waals surface area contributed by atoms with Gasteiger partial charge in [0.1, 0.15) is 5.75 Å². The summed E-state index contributed by atoms with van der Waals surface area (Å²) in [4.78, 5) is 14.2. The summed E-state index contributed by atoms with van der Waals surface area (Å²) in [5.74, 6) is 0.595. The Morgan fingerprint density at radius 1 is 1.29 bits per heavy atom. The number of nitrogens with zero attached hydrogens (tertiary/aromatic N) is 1. The Labute approximate surface area is 131 Å². The van der Waals surface area contributed by atoms with Crippen molar-refractivity contribution in [2.75, 3.05) is 10.6 Å². The van der Waals surface area contributed by atoms with E-state index in [2.05, 4.69) is 15.9 Å². The van der Waals surface area contributed by atoms with Crippen molar-refractivity contribution in [3.8, 4) is 5.75 Å². The second kappa shape index (κ2) is 5.41. The fourth-order valence-corrected chi connectivity index (χ4v) is 2.80. The first kappa shape index (κ1) is 13.9. The zero-order valence-corrected chi connectivity index (χ0v) is 13.1. The number of anilines is 2. The Morgan fingerprint density at radius 2 is 2.05 bits per heavy atom. The molecule has 4 nitrogen and oxygen atoms in total. The summed E-state index contributed by atoms with van der Waals surface area (Å²) in [5, 5.41) is 0. The molecule has 2 N–H and O–H groups in total. The lowest BCUT2D eigenvalue weighted by atomic mass is 10.1. The van der Waals surface area contributed by atoms with Crippen molar-refractivity contribution < 1.29 is 9.53 Å². The third-order valence-corrected chi connectivity index (χ3v) is 4.25. The number of amides is 1. The quantitative estimate of drug-likeness (QED) is 0.848. The Hall–Kier alpha value is -2.01. The van der Waals surface area contributed by atoms with Crippen LogP contribution in [-0.2, 0) is 11.3 Å². The van der Waals surface area contributed by atoms with Crippen molar-refractivity contribution in [1.29, 1.82) is 0 Å². The highest BCUT2D eigenvalue weighted by Crippen LogP contribution is 2.37. The molecule has 1 aliphatic heterocycles. The number of ether oxygens (including phenoxy) is 1. The second-order valence-electron chi connectivity index (χ2n) is 5.00. The lowest BCUT2D eigenvalue weighted by Crippen LogP contribution is -2.44. The van der Waals surface area contributed by atoms with Gasteiger partial charge >= 0.3 is 0 Å². The van der Waals surface area contributed by atoms with Crippen molar-refractivity contribution in [2.24, 2.45) is 0 Å². The van der Waals surface area contributed by atoms with Gasteiger partial charge in [0, 0.05) is 16.2 Å². The molecule has 1 amide bonds. The van der Waals surface area contributed by atoms with Gasteiger partial charge in [0.05, 0.1) is 12.2 Å². The van der Waals surface area contributed by atoms with Gasteiger partial charge in [-0.25, -0.2) is 0 Å². The van der Waals surface area contributed by atoms with Gasteiger partial charge in [-0.3, -0.25) is 4.79 Å². The van der Waals surface area contributed by atoms with E-state index in [0.29, 0.717) is 18.0 Å². The Bertz CT molecular complexity index is 702. The Kier molecular flexibility index (Phi) is 3.59. The largest absolute Gasteiger partial charge is 0.479 e. The summed E-state index contributed by atoms with van der Waals surface area (Å²) < 4.78 is 6.62. The van der Waals surface area contributed by atoms with Gasteiger partial charge in [-0.05, 0) is 30.7 Å². The zero-order chi connectivity index (χ0) is 15.0. The van der Waals surface area contributed by atoms with Crippen molar-refractivity contribution in [3.63, 3.8) is 0 Å². The Balaban J connectivity index is 2.01. The molecule has 5 heteroatoms. The normalized spacial score (nSPS) is 17.3. The molecule has 0 saturated heterocycles. The molecule has 0 aromatic heterocycles. The number of fused-ring (bicyclic) bond motifs is 1. The Morgan fingerprint density at radius 3 is 2.81 bits per heavy atom. The van der Waals surface area contributed by atoms with E-state index in [1.165, 1.54) is 0 Å². The lowest BCUT2D eigenvalue weighted by Gasteiger charge is -2.33. The fourth-order valence-electron chi connectivity index (χ4n) is 2.39. The molecule has 1 unspecified atom stereocenters. The van der Waals surface area contributed by atoms with Crippen LogP contribution < -0.4 is 15.4 Å². The van der Waals surface area contributed by atoms with Gasteiger partial charge in [0.25, 0.3) is 5.91 Å². The number of nitrogens with two attached hydrogens (primary N) is 1. The fraction of sp³-hybridized carbons (Fsp3) is 0.188. The second-order valence-corrected chi connectivity index (χ2v) is 5.86. The molecule has 21 heavy (non-hydrogen) atoms. The standard InChI is InChI=1S/C16H15BrN2O2/c1-10-16(20)19(9-11-4-2-3-5-13(11)17)14-7-6-12(18)8-15(14)21-10/h2-8,10H,9,18H2,1H3. The molecule has 0 radical (unpaired) electrons. The number of hydrogen-bond acceptors (Lipinski definition) is 3. The average Bonchev–Trinajstić information content (AvgIpc) is 2.45. The van der Waals surface area contributed by atoms with Crippen LogP contribution in [0, 0.1) is 0 Å². The first-order valence-corrected chi connectivity index (χ1v) is 7.46. The molecule has 0 aliphatic carbocycles. The third kappa shape index (κ3) is 2.61. The monoisotopic (exact) mass is 346 g/mol. The van der Waals surface area contributed by atoms with Crippen LogP contribution in [0.1, 0.15) is 12.5 Å². The van der Waals surface area contributed by atoms with Crippen molar-refractivity contribution in [2.45, 2.75) is 19.6 Å². The van der Waals surface area contributed by atoms with Crippen LogP contribution >= 0.6 is 15.9 Å². The van der Waals surface area contributed by atoms with E-state index in [1.807, 2.05) is 30.3 Å². The minimum atomic E-state index is -0.512. The SMILES string of the molecule is CC1Oc2cc(N)ccc2N(Cc2ccccc2Br)C1=O. The maximum Gasteiger partial charge on any atom is 0.268 e. The molecular weight excluding hydrogens is 332 g/mol. The predicted molar refractivity (Wildman–Crippen MR) is 86.3 cm³/mol. The van der Waals surface area contributed by atoms with Crippen LogP contribution in [0.2, 0.25) is 0 Å². The molecule has 0 bridgehead atoms. The van der Waals surface area contributed by atoms with Crippen molar-refractivity contribution >= 4 is 33.2 Å². The van der Waals surface area contributed by atoms with E-state index in [9.17, 15) is 4.79 Å². The molecule has 0 saturated carbocycles. The summed E-state index contributed by atoms with van der Waals surface area (Å²) in [6, 6.07) is 13.2. The summed E-state index contributed by atoms with van der Waals surface area (Å²) in [5.41, 5.74) is 8.21. The van der Waals surface area contributed by atoms with Gasteiger partial charge in [-0.2, -0.15) is 0 Å². The van der Waals surface area contributed by atoms with E-state index in [1.54, 1.807) is 24.0 Å². The highest BCUT2D eigenvalue weighted by Gasteiger charge is 2.31. The number of hydrogen-bond donors (Lipinski definition) is 1. The summed E-state index contributed by atoms with van der Waals surface area (Å²) in [7, 11) is 0. The molecular formula is C16H15BrN2O2. The first-order chi connectivity index (χ1) is 10.1. The van der Waals surface area contributed by atoms with Gasteiger partial charge in [0.15, 0.2) is 6.10 Å². The van der Waals surface area contributed by atoms with Crippen molar-refractivity contribution in [3.05, 3.63) is 52.5 Å². The topological polar surface area (TPSA) is 55.6 Å². The van der Waals surface area contributed by atoms with Gasteiger partial charge < -0.3 is 15.4 Å². The predicted octanol–water partition coefficient (Wildman–Crippen LogP) is 3.35. The number of nitrogen functional groups attached to an aromatic ring is 1. The molecule has 1 atom stereocenters. The van der Waals surface area contributed by atoms with Gasteiger partial charge in [0.2, 0.25) is 0 Å². The highest BCUT2D eigenvalue weighted by atomic mass is 79.9. The molecule has 1 aliphatic rings. The minimum Gasteiger partial charge on any atom is -0.479 e. The van der Waals surface area contributed by atoms with Gasteiger partial charge in [-0.1, -0.05) is 34.1 Å². The molecule has 2 aromatic rings. The molecule has 1 heterocycles. The van der Waals surface area contributed by atoms with Crippen LogP contribution in [0.25, 0.3) is 0 Å². The van der Waals surface area contributed by atoms with E-state index in [0.717, 1.165) is 15.7 Å². The maximum absolute atomic E-state index is 12.4. The van der Waals surface area contributed by atoms with Crippen LogP contribution in [0.4, 0.5) is 11.4 Å². The zero-order valence-electron chi connectivity index (χ0n) is 11.5. The first-order valence-electron chi connectivity index (χ1n) is 6.67. The van der Waals surface area contributed by atoms with Gasteiger partial charge in [-0.15, -0.1) is 0 Å². The molecule has 108 valence electrons. The summed E-state index contributed by atoms with van der Waals surface area (Å²) in [6.07, 6.45) is -0.512. The van der Waals surface area contributed by atoms with Crippen LogP contribution in [0.3, 0.4) is 0 Å². The summed E-state index contributed by atoms with van der Waals surface area (Å²) in [6.45, 7) is 2.24. The summed E-state index contributed by atoms with van der Waals surface area (Å²) >= 11 is 3.52. The molecule has 2 aromatic carbocycles. The maximum atomic E-state index is 12.4. The van der Waals surface area contributed by atoms with E-state index < -0.39 is 6.10 Å². The van der Waals surface area contributed by atoms with E-state index >= 15 is 0 Å². The number of benzene rings is 2. The number of rotatable bonds is 2. The number of carbonyl (C=O) groups is 1. The molecule has 0 fully saturated rings. The van der Waals surface area contributed by atoms with Crippen LogP contribution in [0.5, 0.6) is 5.75 Å². The van der Waals surface area contributed by atoms with Crippen LogP contribution in [-0.4, -0.2) is 12.0 Å². The average molecular weight is 347 g/mol. The number of halogens is 1. The van der Waals surface area contributed by atoms with Crippen molar-refractivity contribution in [1.82, 2.24) is 0 Å². The number of carbonyl (C=O) groups excluding carboxylic acids is 1. The van der Waals surface area contributed by atoms with E-state index in [-0.39, 0.29) is 5.91 Å². The highest BCUT2D eigenvalue weighted by molar-refractivity contribution is 9.10. The minimum absolute atomic E-state index is 0.0528. The molecule has 3 rings (SSSR count). The lowest BCUT2D eigenvalue weighted by molar-refractivity contribution is -0.125. The molecule has 0 spiro atoms.